The van der Waals surface area contributed by atoms with Crippen LogP contribution in [-0.2, 0) is 4.79 Å². The molecule has 0 unspecified atom stereocenters. The second kappa shape index (κ2) is 5.59. The van der Waals surface area contributed by atoms with Gasteiger partial charge in [-0.2, -0.15) is 0 Å². The Balaban J connectivity index is 2.07. The molecule has 2 aromatic rings. The van der Waals surface area contributed by atoms with Crippen LogP contribution in [0, 0.1) is 0 Å². The number of hydrogen-bond donors (Lipinski definition) is 2. The zero-order valence-electron chi connectivity index (χ0n) is 11.6. The summed E-state index contributed by atoms with van der Waals surface area (Å²) in [5, 5.41) is 7.37. The quantitative estimate of drug-likeness (QED) is 0.881. The molecule has 20 heavy (non-hydrogen) atoms. The van der Waals surface area contributed by atoms with Gasteiger partial charge in [-0.25, -0.2) is 0 Å². The van der Waals surface area contributed by atoms with Gasteiger partial charge in [-0.1, -0.05) is 18.2 Å². The molecule has 0 atom stereocenters. The van der Waals surface area contributed by atoms with E-state index in [9.17, 15) is 4.79 Å². The Morgan fingerprint density at radius 3 is 2.80 bits per heavy atom. The van der Waals surface area contributed by atoms with E-state index in [0.717, 1.165) is 48.2 Å². The highest BCUT2D eigenvalue weighted by Crippen LogP contribution is 2.32. The molecule has 1 fully saturated rings. The Morgan fingerprint density at radius 1 is 1.30 bits per heavy atom. The van der Waals surface area contributed by atoms with Crippen LogP contribution >= 0.6 is 0 Å². The number of carbonyl (C=O) groups is 1. The number of hydrogen-bond acceptors (Lipinski definition) is 3. The fourth-order valence-corrected chi connectivity index (χ4v) is 2.83. The number of pyridine rings is 1. The highest BCUT2D eigenvalue weighted by Gasteiger charge is 2.20. The van der Waals surface area contributed by atoms with Gasteiger partial charge in [0.15, 0.2) is 0 Å². The second-order valence-corrected chi connectivity index (χ2v) is 5.32. The van der Waals surface area contributed by atoms with Crippen molar-refractivity contribution in [2.45, 2.75) is 25.7 Å². The van der Waals surface area contributed by atoms with Crippen molar-refractivity contribution in [3.63, 3.8) is 0 Å². The molecule has 1 aliphatic rings. The normalized spacial score (nSPS) is 16.2. The van der Waals surface area contributed by atoms with E-state index < -0.39 is 0 Å². The Kier molecular flexibility index (Phi) is 3.65. The Bertz CT molecular complexity index is 633. The minimum Gasteiger partial charge on any atom is -0.325 e. The van der Waals surface area contributed by atoms with E-state index in [0.29, 0.717) is 5.92 Å². The average molecular weight is 269 g/mol. The lowest BCUT2D eigenvalue weighted by Crippen LogP contribution is -2.27. The molecule has 0 aliphatic carbocycles. The minimum absolute atomic E-state index is 0.0442. The van der Waals surface area contributed by atoms with Gasteiger partial charge in [-0.3, -0.25) is 9.78 Å². The van der Waals surface area contributed by atoms with Crippen LogP contribution < -0.4 is 10.6 Å². The summed E-state index contributed by atoms with van der Waals surface area (Å²) in [6, 6.07) is 10.1. The van der Waals surface area contributed by atoms with Crippen LogP contribution in [0.15, 0.2) is 30.3 Å². The third-order valence-electron chi connectivity index (χ3n) is 3.79. The van der Waals surface area contributed by atoms with Gasteiger partial charge in [0.1, 0.15) is 0 Å². The SMILES string of the molecule is CC(=O)Nc1cc2ccccc2nc1C1CCNCC1. The summed E-state index contributed by atoms with van der Waals surface area (Å²) < 4.78 is 0. The van der Waals surface area contributed by atoms with Gasteiger partial charge < -0.3 is 10.6 Å². The van der Waals surface area contributed by atoms with Crippen LogP contribution in [-0.4, -0.2) is 24.0 Å². The van der Waals surface area contributed by atoms with Gasteiger partial charge in [-0.05, 0) is 38.1 Å². The topological polar surface area (TPSA) is 54.0 Å². The number of fused-ring (bicyclic) bond motifs is 1. The average Bonchev–Trinajstić information content (AvgIpc) is 2.47. The Morgan fingerprint density at radius 2 is 2.05 bits per heavy atom. The number of carbonyl (C=O) groups excluding carboxylic acids is 1. The number of anilines is 1. The molecule has 4 nitrogen and oxygen atoms in total. The second-order valence-electron chi connectivity index (χ2n) is 5.32. The van der Waals surface area contributed by atoms with Gasteiger partial charge >= 0.3 is 0 Å². The first-order chi connectivity index (χ1) is 9.74. The maximum absolute atomic E-state index is 11.4. The summed E-state index contributed by atoms with van der Waals surface area (Å²) in [6.45, 7) is 3.57. The zero-order chi connectivity index (χ0) is 13.9. The highest BCUT2D eigenvalue weighted by atomic mass is 16.1. The smallest absolute Gasteiger partial charge is 0.221 e. The lowest BCUT2D eigenvalue weighted by atomic mass is 9.92. The number of aromatic nitrogens is 1. The van der Waals surface area contributed by atoms with Gasteiger partial charge in [0.25, 0.3) is 0 Å². The molecule has 0 spiro atoms. The highest BCUT2D eigenvalue weighted by molar-refractivity contribution is 5.92. The first kappa shape index (κ1) is 13.1. The zero-order valence-corrected chi connectivity index (χ0v) is 11.6. The van der Waals surface area contributed by atoms with Gasteiger partial charge in [0, 0.05) is 18.2 Å². The van der Waals surface area contributed by atoms with Gasteiger partial charge in [0.05, 0.1) is 16.9 Å². The molecule has 104 valence electrons. The minimum atomic E-state index is -0.0442. The lowest BCUT2D eigenvalue weighted by molar-refractivity contribution is -0.114. The third kappa shape index (κ3) is 2.65. The number of nitrogens with one attached hydrogen (secondary N) is 2. The monoisotopic (exact) mass is 269 g/mol. The molecule has 2 heterocycles. The maximum atomic E-state index is 11.4. The van der Waals surface area contributed by atoms with Crippen LogP contribution in [0.1, 0.15) is 31.4 Å². The molecule has 1 aromatic carbocycles. The molecule has 0 radical (unpaired) electrons. The number of amides is 1. The molecule has 1 aliphatic heterocycles. The number of para-hydroxylation sites is 1. The van der Waals surface area contributed by atoms with Crippen LogP contribution in [0.3, 0.4) is 0 Å². The summed E-state index contributed by atoms with van der Waals surface area (Å²) in [7, 11) is 0. The van der Waals surface area contributed by atoms with Crippen molar-refractivity contribution in [2.75, 3.05) is 18.4 Å². The van der Waals surface area contributed by atoms with Crippen LogP contribution in [0.2, 0.25) is 0 Å². The van der Waals surface area contributed by atoms with E-state index in [-0.39, 0.29) is 5.91 Å². The molecule has 3 rings (SSSR count). The first-order valence-electron chi connectivity index (χ1n) is 7.12. The fourth-order valence-electron chi connectivity index (χ4n) is 2.83. The largest absolute Gasteiger partial charge is 0.325 e. The number of nitrogens with zero attached hydrogens (tertiary/aromatic N) is 1. The predicted molar refractivity (Wildman–Crippen MR) is 80.9 cm³/mol. The van der Waals surface area contributed by atoms with Crippen molar-refractivity contribution in [3.8, 4) is 0 Å². The van der Waals surface area contributed by atoms with Crippen molar-refractivity contribution >= 4 is 22.5 Å². The van der Waals surface area contributed by atoms with Gasteiger partial charge in [-0.15, -0.1) is 0 Å². The van der Waals surface area contributed by atoms with E-state index in [4.69, 9.17) is 4.98 Å². The van der Waals surface area contributed by atoms with Crippen LogP contribution in [0.4, 0.5) is 5.69 Å². The summed E-state index contributed by atoms with van der Waals surface area (Å²) in [5.41, 5.74) is 2.89. The third-order valence-corrected chi connectivity index (χ3v) is 3.79. The van der Waals surface area contributed by atoms with Crippen LogP contribution in [0.25, 0.3) is 10.9 Å². The first-order valence-corrected chi connectivity index (χ1v) is 7.12. The molecule has 0 saturated carbocycles. The molecule has 2 N–H and O–H groups in total. The molecular weight excluding hydrogens is 250 g/mol. The van der Waals surface area contributed by atoms with E-state index in [1.807, 2.05) is 30.3 Å². The van der Waals surface area contributed by atoms with E-state index in [1.54, 1.807) is 6.92 Å². The van der Waals surface area contributed by atoms with E-state index >= 15 is 0 Å². The van der Waals surface area contributed by atoms with Crippen LogP contribution in [0.5, 0.6) is 0 Å². The summed E-state index contributed by atoms with van der Waals surface area (Å²) in [6.07, 6.45) is 2.13. The van der Waals surface area contributed by atoms with E-state index in [1.165, 1.54) is 0 Å². The predicted octanol–water partition coefficient (Wildman–Crippen LogP) is 2.66. The molecule has 1 aromatic heterocycles. The molecular formula is C16H19N3O. The fraction of sp³-hybridized carbons (Fsp3) is 0.375. The van der Waals surface area contributed by atoms with Gasteiger partial charge in [0.2, 0.25) is 5.91 Å². The van der Waals surface area contributed by atoms with Crippen molar-refractivity contribution in [1.82, 2.24) is 10.3 Å². The van der Waals surface area contributed by atoms with Crippen molar-refractivity contribution < 1.29 is 4.79 Å². The Labute approximate surface area is 118 Å². The maximum Gasteiger partial charge on any atom is 0.221 e. The Hall–Kier alpha value is -1.94. The van der Waals surface area contributed by atoms with Crippen molar-refractivity contribution in [3.05, 3.63) is 36.0 Å². The lowest BCUT2D eigenvalue weighted by Gasteiger charge is -2.24. The molecule has 1 saturated heterocycles. The summed E-state index contributed by atoms with van der Waals surface area (Å²) in [5.74, 6) is 0.375. The van der Waals surface area contributed by atoms with Crippen molar-refractivity contribution in [1.29, 1.82) is 0 Å². The number of rotatable bonds is 2. The van der Waals surface area contributed by atoms with E-state index in [2.05, 4.69) is 10.6 Å². The molecule has 0 bridgehead atoms. The summed E-state index contributed by atoms with van der Waals surface area (Å²) >= 11 is 0. The standard InChI is InChI=1S/C16H19N3O/c1-11(20)18-15-10-13-4-2-3-5-14(13)19-16(15)12-6-8-17-9-7-12/h2-5,10,12,17H,6-9H2,1H3,(H,18,20). The molecule has 1 amide bonds. The van der Waals surface area contributed by atoms with Crippen molar-refractivity contribution in [2.24, 2.45) is 0 Å². The summed E-state index contributed by atoms with van der Waals surface area (Å²) in [4.78, 5) is 16.2. The number of benzene rings is 1. The molecule has 4 heteroatoms. The number of piperidine rings is 1.